The van der Waals surface area contributed by atoms with Gasteiger partial charge in [0.2, 0.25) is 0 Å². The van der Waals surface area contributed by atoms with E-state index in [-0.39, 0.29) is 6.10 Å². The van der Waals surface area contributed by atoms with E-state index in [9.17, 15) is 0 Å². The van der Waals surface area contributed by atoms with Gasteiger partial charge < -0.3 is 9.47 Å². The number of ether oxygens (including phenoxy) is 2. The highest BCUT2D eigenvalue weighted by atomic mass is 16.5. The molecule has 0 fully saturated rings. The first-order valence-corrected chi connectivity index (χ1v) is 9.23. The van der Waals surface area contributed by atoms with E-state index >= 15 is 0 Å². The molecule has 140 valence electrons. The van der Waals surface area contributed by atoms with Gasteiger partial charge in [-0.25, -0.2) is 0 Å². The van der Waals surface area contributed by atoms with Gasteiger partial charge in [0.15, 0.2) is 0 Å². The number of para-hydroxylation sites is 2. The fourth-order valence-electron chi connectivity index (χ4n) is 3.63. The van der Waals surface area contributed by atoms with Crippen LogP contribution in [-0.2, 0) is 20.1 Å². The molecule has 0 N–H and O–H groups in total. The molecule has 2 aromatic carbocycles. The maximum absolute atomic E-state index is 6.45. The number of hydrogen-bond donors (Lipinski definition) is 0. The lowest BCUT2D eigenvalue weighted by atomic mass is 10.1. The number of fused-ring (bicyclic) bond motifs is 1. The quantitative estimate of drug-likeness (QED) is 0.705. The van der Waals surface area contributed by atoms with E-state index in [0.29, 0.717) is 0 Å². The summed E-state index contributed by atoms with van der Waals surface area (Å²) in [4.78, 5) is 2.42. The van der Waals surface area contributed by atoms with Gasteiger partial charge in [-0.1, -0.05) is 36.4 Å². The summed E-state index contributed by atoms with van der Waals surface area (Å²) in [6, 6.07) is 16.4. The topological polar surface area (TPSA) is 39.5 Å². The molecule has 27 heavy (non-hydrogen) atoms. The number of hydrogen-bond acceptors (Lipinski definition) is 4. The second-order valence-electron chi connectivity index (χ2n) is 7.00. The van der Waals surface area contributed by atoms with Crippen molar-refractivity contribution in [3.63, 3.8) is 0 Å². The SMILES string of the molecule is COc1ccccc1[C@H]1CN(Cc2cnn(C)c2C)Cc2ccccc2O1. The van der Waals surface area contributed by atoms with Crippen LogP contribution in [0.2, 0.25) is 0 Å². The molecule has 5 heteroatoms. The Morgan fingerprint density at radius 2 is 1.93 bits per heavy atom. The molecule has 0 amide bonds. The smallest absolute Gasteiger partial charge is 0.140 e. The molecule has 2 heterocycles. The Kier molecular flexibility index (Phi) is 4.86. The zero-order chi connectivity index (χ0) is 18.8. The van der Waals surface area contributed by atoms with Crippen molar-refractivity contribution in [2.45, 2.75) is 26.1 Å². The Balaban J connectivity index is 1.69. The zero-order valence-electron chi connectivity index (χ0n) is 16.1. The summed E-state index contributed by atoms with van der Waals surface area (Å²) >= 11 is 0. The van der Waals surface area contributed by atoms with Crippen molar-refractivity contribution in [3.05, 3.63) is 77.1 Å². The van der Waals surface area contributed by atoms with Gasteiger partial charge in [0.1, 0.15) is 17.6 Å². The monoisotopic (exact) mass is 363 g/mol. The first kappa shape index (κ1) is 17.6. The number of aromatic nitrogens is 2. The van der Waals surface area contributed by atoms with Gasteiger partial charge in [-0.05, 0) is 19.1 Å². The molecule has 0 radical (unpaired) electrons. The Hall–Kier alpha value is -2.79. The maximum Gasteiger partial charge on any atom is 0.140 e. The van der Waals surface area contributed by atoms with E-state index < -0.39 is 0 Å². The van der Waals surface area contributed by atoms with Gasteiger partial charge >= 0.3 is 0 Å². The van der Waals surface area contributed by atoms with Gasteiger partial charge in [-0.15, -0.1) is 0 Å². The van der Waals surface area contributed by atoms with Crippen LogP contribution in [0.15, 0.2) is 54.7 Å². The number of rotatable bonds is 4. The molecule has 1 aromatic heterocycles. The Morgan fingerprint density at radius 1 is 1.15 bits per heavy atom. The fraction of sp³-hybridized carbons (Fsp3) is 0.318. The van der Waals surface area contributed by atoms with Gasteiger partial charge in [0.25, 0.3) is 0 Å². The molecule has 0 unspecified atom stereocenters. The van der Waals surface area contributed by atoms with Gasteiger partial charge in [0, 0.05) is 49.1 Å². The maximum atomic E-state index is 6.45. The lowest BCUT2D eigenvalue weighted by molar-refractivity contribution is 0.141. The molecule has 3 aromatic rings. The molecule has 1 aliphatic heterocycles. The third kappa shape index (κ3) is 3.55. The second-order valence-corrected chi connectivity index (χ2v) is 7.00. The summed E-state index contributed by atoms with van der Waals surface area (Å²) in [7, 11) is 3.69. The number of methoxy groups -OCH3 is 1. The summed E-state index contributed by atoms with van der Waals surface area (Å²) in [5.41, 5.74) is 4.72. The van der Waals surface area contributed by atoms with E-state index in [0.717, 1.165) is 36.7 Å². The molecule has 1 atom stereocenters. The van der Waals surface area contributed by atoms with Gasteiger partial charge in [-0.3, -0.25) is 9.58 Å². The highest BCUT2D eigenvalue weighted by Gasteiger charge is 2.26. The van der Waals surface area contributed by atoms with Crippen LogP contribution >= 0.6 is 0 Å². The Morgan fingerprint density at radius 3 is 2.70 bits per heavy atom. The van der Waals surface area contributed by atoms with Gasteiger partial charge in [-0.2, -0.15) is 5.10 Å². The lowest BCUT2D eigenvalue weighted by Gasteiger charge is -2.25. The minimum absolute atomic E-state index is 0.0956. The average Bonchev–Trinajstić information content (AvgIpc) is 2.91. The molecular weight excluding hydrogens is 338 g/mol. The summed E-state index contributed by atoms with van der Waals surface area (Å²) in [5, 5.41) is 4.39. The van der Waals surface area contributed by atoms with Gasteiger partial charge in [0.05, 0.1) is 13.3 Å². The predicted octanol–water partition coefficient (Wildman–Crippen LogP) is 3.87. The molecule has 5 nitrogen and oxygen atoms in total. The first-order valence-electron chi connectivity index (χ1n) is 9.23. The average molecular weight is 363 g/mol. The molecule has 4 rings (SSSR count). The third-order valence-electron chi connectivity index (χ3n) is 5.28. The normalized spacial score (nSPS) is 17.1. The third-order valence-corrected chi connectivity index (χ3v) is 5.28. The van der Waals surface area contributed by atoms with Crippen molar-refractivity contribution in [2.75, 3.05) is 13.7 Å². The molecular formula is C22H25N3O2. The minimum atomic E-state index is -0.0956. The lowest BCUT2D eigenvalue weighted by Crippen LogP contribution is -2.28. The Bertz CT molecular complexity index is 935. The molecule has 0 aliphatic carbocycles. The summed E-state index contributed by atoms with van der Waals surface area (Å²) in [6.45, 7) is 4.57. The minimum Gasteiger partial charge on any atom is -0.496 e. The standard InChI is InChI=1S/C22H25N3O2/c1-16-18(12-23-24(16)2)14-25-13-17-8-4-6-10-20(17)27-22(15-25)19-9-5-7-11-21(19)26-3/h4-12,22H,13-15H2,1-3H3/t22-/m1/s1. The molecule has 0 spiro atoms. The summed E-state index contributed by atoms with van der Waals surface area (Å²) in [6.07, 6.45) is 1.87. The second kappa shape index (κ2) is 7.45. The molecule has 0 saturated heterocycles. The van der Waals surface area contributed by atoms with E-state index in [1.54, 1.807) is 7.11 Å². The summed E-state index contributed by atoms with van der Waals surface area (Å²) < 4.78 is 14.0. The van der Waals surface area contributed by atoms with Crippen LogP contribution in [0.5, 0.6) is 11.5 Å². The van der Waals surface area contributed by atoms with E-state index in [4.69, 9.17) is 9.47 Å². The van der Waals surface area contributed by atoms with Crippen molar-refractivity contribution >= 4 is 0 Å². The van der Waals surface area contributed by atoms with Crippen molar-refractivity contribution < 1.29 is 9.47 Å². The zero-order valence-corrected chi connectivity index (χ0v) is 16.1. The summed E-state index contributed by atoms with van der Waals surface area (Å²) in [5.74, 6) is 1.80. The highest BCUT2D eigenvalue weighted by Crippen LogP contribution is 2.35. The largest absolute Gasteiger partial charge is 0.496 e. The van der Waals surface area contributed by atoms with Crippen LogP contribution in [0.4, 0.5) is 0 Å². The number of aryl methyl sites for hydroxylation is 1. The number of nitrogens with zero attached hydrogens (tertiary/aromatic N) is 3. The van der Waals surface area contributed by atoms with Crippen molar-refractivity contribution in [1.82, 2.24) is 14.7 Å². The van der Waals surface area contributed by atoms with Crippen molar-refractivity contribution in [3.8, 4) is 11.5 Å². The fourth-order valence-corrected chi connectivity index (χ4v) is 3.63. The highest BCUT2D eigenvalue weighted by molar-refractivity contribution is 5.39. The molecule has 1 aliphatic rings. The van der Waals surface area contributed by atoms with Crippen LogP contribution < -0.4 is 9.47 Å². The van der Waals surface area contributed by atoms with Crippen LogP contribution in [0.1, 0.15) is 28.5 Å². The van der Waals surface area contributed by atoms with E-state index in [1.807, 2.05) is 42.2 Å². The number of benzene rings is 2. The van der Waals surface area contributed by atoms with Crippen LogP contribution in [0.3, 0.4) is 0 Å². The van der Waals surface area contributed by atoms with Crippen molar-refractivity contribution in [1.29, 1.82) is 0 Å². The van der Waals surface area contributed by atoms with E-state index in [1.165, 1.54) is 16.8 Å². The van der Waals surface area contributed by atoms with E-state index in [2.05, 4.69) is 41.2 Å². The first-order chi connectivity index (χ1) is 13.2. The Labute approximate surface area is 160 Å². The van der Waals surface area contributed by atoms with Crippen LogP contribution in [0.25, 0.3) is 0 Å². The molecule has 0 bridgehead atoms. The van der Waals surface area contributed by atoms with Crippen LogP contribution in [-0.4, -0.2) is 28.3 Å². The predicted molar refractivity (Wildman–Crippen MR) is 105 cm³/mol. The van der Waals surface area contributed by atoms with Crippen molar-refractivity contribution in [2.24, 2.45) is 7.05 Å². The molecule has 0 saturated carbocycles. The van der Waals surface area contributed by atoms with Crippen LogP contribution in [0, 0.1) is 6.92 Å².